The van der Waals surface area contributed by atoms with Gasteiger partial charge in [-0.2, -0.15) is 0 Å². The number of carbonyl (C=O) groups is 1. The molecule has 2 heterocycles. The number of ether oxygens (including phenoxy) is 1. The zero-order chi connectivity index (χ0) is 14.1. The van der Waals surface area contributed by atoms with Crippen LogP contribution in [0.25, 0.3) is 28.0 Å². The third kappa shape index (κ3) is 1.89. The molecule has 0 atom stereocenters. The number of hydrogen-bond acceptors (Lipinski definition) is 4. The minimum Gasteiger partial charge on any atom is -0.493 e. The minimum absolute atomic E-state index is 0.586. The number of aromatic nitrogens is 1. The van der Waals surface area contributed by atoms with Gasteiger partial charge in [0.05, 0.1) is 7.11 Å². The molecular formula is C15H11NO4. The maximum atomic E-state index is 10.7. The van der Waals surface area contributed by atoms with Gasteiger partial charge in [-0.3, -0.25) is 4.98 Å². The van der Waals surface area contributed by atoms with E-state index in [4.69, 9.17) is 14.3 Å². The quantitative estimate of drug-likeness (QED) is 0.740. The molecule has 1 N–H and O–H groups in total. The summed E-state index contributed by atoms with van der Waals surface area (Å²) in [7, 11) is 1.56. The summed E-state index contributed by atoms with van der Waals surface area (Å²) >= 11 is 0. The first-order chi connectivity index (χ1) is 9.70. The second kappa shape index (κ2) is 4.70. The zero-order valence-electron chi connectivity index (χ0n) is 10.7. The van der Waals surface area contributed by atoms with Crippen molar-refractivity contribution in [2.45, 2.75) is 0 Å². The molecule has 1 aromatic carbocycles. The molecular weight excluding hydrogens is 258 g/mol. The van der Waals surface area contributed by atoms with Crippen molar-refractivity contribution in [1.82, 2.24) is 4.98 Å². The molecule has 0 radical (unpaired) electrons. The Morgan fingerprint density at radius 2 is 2.25 bits per heavy atom. The van der Waals surface area contributed by atoms with Crippen molar-refractivity contribution >= 4 is 34.0 Å². The Morgan fingerprint density at radius 1 is 1.40 bits per heavy atom. The second-order valence-corrected chi connectivity index (χ2v) is 4.21. The van der Waals surface area contributed by atoms with Crippen LogP contribution in [-0.2, 0) is 4.79 Å². The molecule has 2 aromatic heterocycles. The average molecular weight is 269 g/mol. The first-order valence-corrected chi connectivity index (χ1v) is 5.95. The standard InChI is InChI=1S/C15H11NO4/c1-19-12-4-2-9(3-5-13(17)18)14-10-8-16-7-6-11(10)20-15(12)14/h2-8H,1H3,(H,17,18)/b5-3+. The van der Waals surface area contributed by atoms with Gasteiger partial charge in [-0.05, 0) is 23.8 Å². The Kier molecular flexibility index (Phi) is 2.87. The summed E-state index contributed by atoms with van der Waals surface area (Å²) < 4.78 is 11.1. The van der Waals surface area contributed by atoms with E-state index < -0.39 is 5.97 Å². The van der Waals surface area contributed by atoms with Crippen molar-refractivity contribution < 1.29 is 19.1 Å². The van der Waals surface area contributed by atoms with Crippen LogP contribution in [-0.4, -0.2) is 23.2 Å². The van der Waals surface area contributed by atoms with Crippen LogP contribution >= 0.6 is 0 Å². The summed E-state index contributed by atoms with van der Waals surface area (Å²) in [5.41, 5.74) is 2.02. The van der Waals surface area contributed by atoms with Gasteiger partial charge in [0, 0.05) is 29.2 Å². The minimum atomic E-state index is -1.00. The smallest absolute Gasteiger partial charge is 0.328 e. The van der Waals surface area contributed by atoms with Crippen molar-refractivity contribution in [3.8, 4) is 5.75 Å². The summed E-state index contributed by atoms with van der Waals surface area (Å²) in [6, 6.07) is 5.31. The van der Waals surface area contributed by atoms with E-state index in [1.54, 1.807) is 37.7 Å². The molecule has 0 saturated heterocycles. The van der Waals surface area contributed by atoms with Crippen LogP contribution in [0.2, 0.25) is 0 Å². The number of carboxylic acids is 1. The van der Waals surface area contributed by atoms with Crippen LogP contribution in [0.5, 0.6) is 5.75 Å². The fourth-order valence-electron chi connectivity index (χ4n) is 2.19. The number of furan rings is 1. The van der Waals surface area contributed by atoms with Crippen LogP contribution in [0, 0.1) is 0 Å². The maximum Gasteiger partial charge on any atom is 0.328 e. The van der Waals surface area contributed by atoms with E-state index in [9.17, 15) is 4.79 Å². The molecule has 0 aliphatic rings. The highest BCUT2D eigenvalue weighted by atomic mass is 16.5. The molecule has 0 bridgehead atoms. The van der Waals surface area contributed by atoms with E-state index in [-0.39, 0.29) is 0 Å². The van der Waals surface area contributed by atoms with Crippen LogP contribution in [0.1, 0.15) is 5.56 Å². The highest BCUT2D eigenvalue weighted by molar-refractivity contribution is 6.11. The Bertz CT molecular complexity index is 832. The van der Waals surface area contributed by atoms with Crippen molar-refractivity contribution in [1.29, 1.82) is 0 Å². The fourth-order valence-corrected chi connectivity index (χ4v) is 2.19. The van der Waals surface area contributed by atoms with Crippen LogP contribution < -0.4 is 4.74 Å². The number of aliphatic carboxylic acids is 1. The normalized spacial score (nSPS) is 11.4. The van der Waals surface area contributed by atoms with Gasteiger partial charge in [0.1, 0.15) is 5.58 Å². The van der Waals surface area contributed by atoms with Crippen LogP contribution in [0.15, 0.2) is 41.1 Å². The van der Waals surface area contributed by atoms with Gasteiger partial charge in [0.15, 0.2) is 11.3 Å². The second-order valence-electron chi connectivity index (χ2n) is 4.21. The Balaban J connectivity index is 2.38. The molecule has 0 aliphatic carbocycles. The van der Waals surface area contributed by atoms with Crippen molar-refractivity contribution in [3.63, 3.8) is 0 Å². The van der Waals surface area contributed by atoms with E-state index in [1.807, 2.05) is 0 Å². The number of pyridine rings is 1. The zero-order valence-corrected chi connectivity index (χ0v) is 10.7. The first kappa shape index (κ1) is 12.2. The monoisotopic (exact) mass is 269 g/mol. The predicted molar refractivity (Wildman–Crippen MR) is 74.7 cm³/mol. The number of rotatable bonds is 3. The lowest BCUT2D eigenvalue weighted by Crippen LogP contribution is -1.87. The summed E-state index contributed by atoms with van der Waals surface area (Å²) in [5.74, 6) is -0.399. The number of methoxy groups -OCH3 is 1. The van der Waals surface area contributed by atoms with Crippen LogP contribution in [0.3, 0.4) is 0 Å². The lowest BCUT2D eigenvalue weighted by molar-refractivity contribution is -0.131. The van der Waals surface area contributed by atoms with E-state index in [0.29, 0.717) is 16.9 Å². The lowest BCUT2D eigenvalue weighted by Gasteiger charge is -2.02. The molecule has 100 valence electrons. The molecule has 3 aromatic rings. The summed E-state index contributed by atoms with van der Waals surface area (Å²) in [4.78, 5) is 14.8. The molecule has 20 heavy (non-hydrogen) atoms. The van der Waals surface area contributed by atoms with Crippen molar-refractivity contribution in [3.05, 3.63) is 42.2 Å². The van der Waals surface area contributed by atoms with Gasteiger partial charge in [0.2, 0.25) is 0 Å². The molecule has 3 rings (SSSR count). The topological polar surface area (TPSA) is 72.6 Å². The Hall–Kier alpha value is -2.82. The molecule has 0 spiro atoms. The summed E-state index contributed by atoms with van der Waals surface area (Å²) in [6.45, 7) is 0. The maximum absolute atomic E-state index is 10.7. The van der Waals surface area contributed by atoms with E-state index in [1.165, 1.54) is 6.08 Å². The molecule has 0 saturated carbocycles. The van der Waals surface area contributed by atoms with E-state index >= 15 is 0 Å². The predicted octanol–water partition coefficient (Wildman–Crippen LogP) is 3.09. The number of fused-ring (bicyclic) bond motifs is 3. The fraction of sp³-hybridized carbons (Fsp3) is 0.0667. The average Bonchev–Trinajstić information content (AvgIpc) is 2.84. The molecule has 0 unspecified atom stereocenters. The largest absolute Gasteiger partial charge is 0.493 e. The third-order valence-corrected chi connectivity index (χ3v) is 3.04. The van der Waals surface area contributed by atoms with Gasteiger partial charge < -0.3 is 14.3 Å². The molecule has 0 fully saturated rings. The van der Waals surface area contributed by atoms with E-state index in [2.05, 4.69) is 4.98 Å². The number of benzene rings is 1. The summed E-state index contributed by atoms with van der Waals surface area (Å²) in [5, 5.41) is 10.4. The molecule has 5 nitrogen and oxygen atoms in total. The van der Waals surface area contributed by atoms with Gasteiger partial charge in [-0.25, -0.2) is 4.79 Å². The number of nitrogens with zero attached hydrogens (tertiary/aromatic N) is 1. The number of hydrogen-bond donors (Lipinski definition) is 1. The SMILES string of the molecule is COc1ccc(/C=C/C(=O)O)c2c1oc1ccncc12. The van der Waals surface area contributed by atoms with Crippen LogP contribution in [0.4, 0.5) is 0 Å². The van der Waals surface area contributed by atoms with E-state index in [0.717, 1.165) is 22.4 Å². The highest BCUT2D eigenvalue weighted by Crippen LogP contribution is 2.37. The van der Waals surface area contributed by atoms with Crippen molar-refractivity contribution in [2.24, 2.45) is 0 Å². The first-order valence-electron chi connectivity index (χ1n) is 5.95. The molecule has 0 aliphatic heterocycles. The highest BCUT2D eigenvalue weighted by Gasteiger charge is 2.14. The lowest BCUT2D eigenvalue weighted by atomic mass is 10.1. The van der Waals surface area contributed by atoms with Gasteiger partial charge >= 0.3 is 5.97 Å². The van der Waals surface area contributed by atoms with Gasteiger partial charge in [0.25, 0.3) is 0 Å². The van der Waals surface area contributed by atoms with Gasteiger partial charge in [-0.15, -0.1) is 0 Å². The Labute approximate surface area is 114 Å². The molecule has 5 heteroatoms. The molecule has 0 amide bonds. The van der Waals surface area contributed by atoms with Crippen molar-refractivity contribution in [2.75, 3.05) is 7.11 Å². The number of carboxylic acid groups (broad SMARTS) is 1. The summed E-state index contributed by atoms with van der Waals surface area (Å²) in [6.07, 6.45) is 5.96. The van der Waals surface area contributed by atoms with Gasteiger partial charge in [-0.1, -0.05) is 6.07 Å². The Morgan fingerprint density at radius 3 is 3.00 bits per heavy atom. The third-order valence-electron chi connectivity index (χ3n) is 3.04.